The molecule has 0 aliphatic rings. The fourth-order valence-corrected chi connectivity index (χ4v) is 3.42. The summed E-state index contributed by atoms with van der Waals surface area (Å²) in [6.45, 7) is 2.92. The molecule has 0 saturated carbocycles. The first-order valence-corrected chi connectivity index (χ1v) is 10.4. The first-order valence-electron chi connectivity index (χ1n) is 9.63. The van der Waals surface area contributed by atoms with E-state index < -0.39 is 0 Å². The molecule has 0 fully saturated rings. The van der Waals surface area contributed by atoms with Gasteiger partial charge in [-0.2, -0.15) is 0 Å². The Kier molecular flexibility index (Phi) is 6.99. The number of benzene rings is 2. The van der Waals surface area contributed by atoms with Crippen molar-refractivity contribution in [3.63, 3.8) is 0 Å². The molecule has 0 saturated heterocycles. The zero-order chi connectivity index (χ0) is 19.1. The van der Waals surface area contributed by atoms with E-state index in [-0.39, 0.29) is 5.91 Å². The molecule has 0 bridgehead atoms. The number of carbonyl (C=O) groups is 1. The van der Waals surface area contributed by atoms with E-state index in [0.29, 0.717) is 12.1 Å². The molecule has 1 N–H and O–H groups in total. The molecule has 3 nitrogen and oxygen atoms in total. The molecular weight excluding hydrogens is 400 g/mol. The molecule has 140 valence electrons. The van der Waals surface area contributed by atoms with Gasteiger partial charge < -0.3 is 5.32 Å². The van der Waals surface area contributed by atoms with Gasteiger partial charge in [-0.25, -0.2) is 4.98 Å². The highest BCUT2D eigenvalue weighted by Crippen LogP contribution is 2.26. The summed E-state index contributed by atoms with van der Waals surface area (Å²) in [5, 5.41) is 3.97. The van der Waals surface area contributed by atoms with E-state index in [9.17, 15) is 4.79 Å². The van der Waals surface area contributed by atoms with Crippen molar-refractivity contribution >= 4 is 32.7 Å². The maximum absolute atomic E-state index is 12.8. The summed E-state index contributed by atoms with van der Waals surface area (Å²) in [7, 11) is 0. The van der Waals surface area contributed by atoms with Crippen LogP contribution in [-0.4, -0.2) is 17.4 Å². The number of pyridine rings is 1. The quantitative estimate of drug-likeness (QED) is 0.427. The van der Waals surface area contributed by atoms with Crippen LogP contribution in [0, 0.1) is 0 Å². The first-order chi connectivity index (χ1) is 13.2. The highest BCUT2D eigenvalue weighted by atomic mass is 79.9. The van der Waals surface area contributed by atoms with E-state index in [1.165, 1.54) is 19.3 Å². The van der Waals surface area contributed by atoms with Gasteiger partial charge in [0.1, 0.15) is 0 Å². The minimum atomic E-state index is -0.0255. The van der Waals surface area contributed by atoms with Crippen molar-refractivity contribution in [2.75, 3.05) is 6.54 Å². The molecule has 0 aliphatic heterocycles. The monoisotopic (exact) mass is 424 g/mol. The molecule has 0 unspecified atom stereocenters. The highest BCUT2D eigenvalue weighted by Gasteiger charge is 2.13. The van der Waals surface area contributed by atoms with E-state index in [1.54, 1.807) is 0 Å². The standard InChI is InChI=1S/C23H25BrN2O/c1-2-3-4-5-8-15-25-23(27)20-16-22(17-11-13-18(24)14-12-17)26-21-10-7-6-9-19(20)21/h6-7,9-14,16H,2-5,8,15H2,1H3,(H,25,27). The summed E-state index contributed by atoms with van der Waals surface area (Å²) in [6, 6.07) is 17.7. The van der Waals surface area contributed by atoms with E-state index in [2.05, 4.69) is 28.2 Å². The fraction of sp³-hybridized carbons (Fsp3) is 0.304. The normalized spacial score (nSPS) is 10.9. The fourth-order valence-electron chi connectivity index (χ4n) is 3.16. The topological polar surface area (TPSA) is 42.0 Å². The number of nitrogens with zero attached hydrogens (tertiary/aromatic N) is 1. The van der Waals surface area contributed by atoms with Crippen molar-refractivity contribution in [3.8, 4) is 11.3 Å². The number of hydrogen-bond donors (Lipinski definition) is 1. The van der Waals surface area contributed by atoms with Crippen molar-refractivity contribution in [2.24, 2.45) is 0 Å². The minimum Gasteiger partial charge on any atom is -0.352 e. The van der Waals surface area contributed by atoms with Crippen LogP contribution in [0.5, 0.6) is 0 Å². The number of halogens is 1. The van der Waals surface area contributed by atoms with E-state index >= 15 is 0 Å². The lowest BCUT2D eigenvalue weighted by Gasteiger charge is -2.11. The number of aromatic nitrogens is 1. The Morgan fingerprint density at radius 1 is 1.00 bits per heavy atom. The van der Waals surface area contributed by atoms with Crippen LogP contribution < -0.4 is 5.32 Å². The van der Waals surface area contributed by atoms with Crippen LogP contribution in [0.15, 0.2) is 59.1 Å². The summed E-state index contributed by atoms with van der Waals surface area (Å²) in [6.07, 6.45) is 5.91. The second-order valence-corrected chi connectivity index (χ2v) is 7.66. The zero-order valence-corrected chi connectivity index (χ0v) is 17.3. The smallest absolute Gasteiger partial charge is 0.252 e. The Bertz CT molecular complexity index is 906. The molecule has 0 aliphatic carbocycles. The third-order valence-electron chi connectivity index (χ3n) is 4.67. The van der Waals surface area contributed by atoms with Crippen molar-refractivity contribution in [3.05, 3.63) is 64.6 Å². The summed E-state index contributed by atoms with van der Waals surface area (Å²) < 4.78 is 1.02. The minimum absolute atomic E-state index is 0.0255. The van der Waals surface area contributed by atoms with Gasteiger partial charge in [-0.3, -0.25) is 4.79 Å². The van der Waals surface area contributed by atoms with Gasteiger partial charge in [0, 0.05) is 22.0 Å². The summed E-state index contributed by atoms with van der Waals surface area (Å²) >= 11 is 3.46. The zero-order valence-electron chi connectivity index (χ0n) is 15.7. The van der Waals surface area contributed by atoms with Crippen LogP contribution in [0.2, 0.25) is 0 Å². The van der Waals surface area contributed by atoms with Crippen molar-refractivity contribution in [2.45, 2.75) is 39.0 Å². The summed E-state index contributed by atoms with van der Waals surface area (Å²) in [5.41, 5.74) is 3.34. The molecule has 1 amide bonds. The molecule has 4 heteroatoms. The predicted octanol–water partition coefficient (Wildman–Crippen LogP) is 6.36. The Hall–Kier alpha value is -2.20. The molecule has 0 atom stereocenters. The predicted molar refractivity (Wildman–Crippen MR) is 116 cm³/mol. The van der Waals surface area contributed by atoms with E-state index in [4.69, 9.17) is 4.98 Å². The Labute approximate surface area is 169 Å². The van der Waals surface area contributed by atoms with Crippen LogP contribution in [0.4, 0.5) is 0 Å². The van der Waals surface area contributed by atoms with Crippen molar-refractivity contribution < 1.29 is 4.79 Å². The molecular formula is C23H25BrN2O. The Morgan fingerprint density at radius 3 is 2.52 bits per heavy atom. The molecule has 27 heavy (non-hydrogen) atoms. The number of carbonyl (C=O) groups excluding carboxylic acids is 1. The lowest BCUT2D eigenvalue weighted by atomic mass is 10.0. The van der Waals surface area contributed by atoms with Gasteiger partial charge in [0.2, 0.25) is 0 Å². The molecule has 3 aromatic rings. The van der Waals surface area contributed by atoms with Crippen LogP contribution in [0.1, 0.15) is 49.4 Å². The lowest BCUT2D eigenvalue weighted by Crippen LogP contribution is -2.24. The Balaban J connectivity index is 1.82. The van der Waals surface area contributed by atoms with Crippen molar-refractivity contribution in [1.29, 1.82) is 0 Å². The average Bonchev–Trinajstić information content (AvgIpc) is 2.70. The highest BCUT2D eigenvalue weighted by molar-refractivity contribution is 9.10. The number of hydrogen-bond acceptors (Lipinski definition) is 2. The molecule has 0 radical (unpaired) electrons. The first kappa shape index (κ1) is 19.6. The second-order valence-electron chi connectivity index (χ2n) is 6.75. The van der Waals surface area contributed by atoms with Crippen LogP contribution >= 0.6 is 15.9 Å². The second kappa shape index (κ2) is 9.65. The van der Waals surface area contributed by atoms with Crippen LogP contribution in [0.25, 0.3) is 22.2 Å². The average molecular weight is 425 g/mol. The largest absolute Gasteiger partial charge is 0.352 e. The van der Waals surface area contributed by atoms with Gasteiger partial charge in [-0.05, 0) is 30.7 Å². The summed E-state index contributed by atoms with van der Waals surface area (Å²) in [5.74, 6) is -0.0255. The lowest BCUT2D eigenvalue weighted by molar-refractivity contribution is 0.0954. The molecule has 1 aromatic heterocycles. The third kappa shape index (κ3) is 5.16. The van der Waals surface area contributed by atoms with E-state index in [1.807, 2.05) is 54.6 Å². The van der Waals surface area contributed by atoms with Gasteiger partial charge in [0.15, 0.2) is 0 Å². The summed E-state index contributed by atoms with van der Waals surface area (Å²) in [4.78, 5) is 17.6. The van der Waals surface area contributed by atoms with Gasteiger partial charge in [0.05, 0.1) is 16.8 Å². The molecule has 0 spiro atoms. The SMILES string of the molecule is CCCCCCCNC(=O)c1cc(-c2ccc(Br)cc2)nc2ccccc12. The van der Waals surface area contributed by atoms with Gasteiger partial charge in [-0.1, -0.05) is 78.9 Å². The van der Waals surface area contributed by atoms with E-state index in [0.717, 1.165) is 39.5 Å². The molecule has 1 heterocycles. The number of nitrogens with one attached hydrogen (secondary N) is 1. The maximum atomic E-state index is 12.8. The third-order valence-corrected chi connectivity index (χ3v) is 5.20. The number of unbranched alkanes of at least 4 members (excludes halogenated alkanes) is 4. The van der Waals surface area contributed by atoms with Crippen LogP contribution in [0.3, 0.4) is 0 Å². The van der Waals surface area contributed by atoms with Gasteiger partial charge >= 0.3 is 0 Å². The molecule has 3 rings (SSSR count). The number of amides is 1. The maximum Gasteiger partial charge on any atom is 0.252 e. The number of para-hydroxylation sites is 1. The van der Waals surface area contributed by atoms with Gasteiger partial charge in [0.25, 0.3) is 5.91 Å². The van der Waals surface area contributed by atoms with Crippen LogP contribution in [-0.2, 0) is 0 Å². The Morgan fingerprint density at radius 2 is 1.74 bits per heavy atom. The van der Waals surface area contributed by atoms with Gasteiger partial charge in [-0.15, -0.1) is 0 Å². The molecule has 2 aromatic carbocycles. The van der Waals surface area contributed by atoms with Crippen molar-refractivity contribution in [1.82, 2.24) is 10.3 Å². The number of fused-ring (bicyclic) bond motifs is 1. The number of rotatable bonds is 8.